The van der Waals surface area contributed by atoms with E-state index < -0.39 is 0 Å². The molecule has 0 radical (unpaired) electrons. The van der Waals surface area contributed by atoms with Gasteiger partial charge in [-0.15, -0.1) is 0 Å². The first-order chi connectivity index (χ1) is 9.72. The van der Waals surface area contributed by atoms with Crippen LogP contribution in [0, 0.1) is 22.7 Å². The van der Waals surface area contributed by atoms with E-state index in [0.29, 0.717) is 17.3 Å². The van der Waals surface area contributed by atoms with Gasteiger partial charge in [-0.05, 0) is 60.3 Å². The molecule has 0 amide bonds. The summed E-state index contributed by atoms with van der Waals surface area (Å²) in [6.45, 7) is 19.3. The van der Waals surface area contributed by atoms with E-state index in [1.807, 2.05) is 6.08 Å². The molecule has 0 bridgehead atoms. The first-order valence-corrected chi connectivity index (χ1v) is 8.39. The summed E-state index contributed by atoms with van der Waals surface area (Å²) in [7, 11) is 0. The smallest absolute Gasteiger partial charge is 0.0753 e. The monoisotopic (exact) mass is 288 g/mol. The number of hydrogen-bond acceptors (Lipinski definition) is 1. The van der Waals surface area contributed by atoms with Crippen LogP contribution >= 0.6 is 0 Å². The molecule has 2 saturated carbocycles. The highest BCUT2D eigenvalue weighted by Gasteiger charge is 2.54. The molecule has 0 saturated heterocycles. The SMILES string of the molecule is C=CC(=C)CCC1C(=C)C(O)CC2C(C)(C)CCCC12C. The van der Waals surface area contributed by atoms with E-state index in [1.54, 1.807) is 0 Å². The maximum atomic E-state index is 10.5. The Morgan fingerprint density at radius 2 is 2.00 bits per heavy atom. The predicted molar refractivity (Wildman–Crippen MR) is 91.1 cm³/mol. The first-order valence-electron chi connectivity index (χ1n) is 8.39. The van der Waals surface area contributed by atoms with Crippen molar-refractivity contribution < 1.29 is 5.11 Å². The minimum atomic E-state index is -0.331. The molecule has 1 nitrogen and oxygen atoms in total. The zero-order valence-corrected chi connectivity index (χ0v) is 14.1. The molecule has 4 atom stereocenters. The van der Waals surface area contributed by atoms with Crippen LogP contribution in [0.3, 0.4) is 0 Å². The molecular formula is C20H32O. The zero-order chi connectivity index (χ0) is 15.8. The molecule has 21 heavy (non-hydrogen) atoms. The molecule has 2 fully saturated rings. The van der Waals surface area contributed by atoms with Gasteiger partial charge >= 0.3 is 0 Å². The van der Waals surface area contributed by atoms with Crippen LogP contribution in [0.2, 0.25) is 0 Å². The molecule has 1 N–H and O–H groups in total. The van der Waals surface area contributed by atoms with Gasteiger partial charge in [-0.3, -0.25) is 0 Å². The number of allylic oxidation sites excluding steroid dienone is 2. The lowest BCUT2D eigenvalue weighted by molar-refractivity contribution is -0.0834. The van der Waals surface area contributed by atoms with E-state index in [4.69, 9.17) is 0 Å². The third kappa shape index (κ3) is 2.90. The van der Waals surface area contributed by atoms with Crippen LogP contribution in [0.25, 0.3) is 0 Å². The van der Waals surface area contributed by atoms with Crippen molar-refractivity contribution in [3.8, 4) is 0 Å². The summed E-state index contributed by atoms with van der Waals surface area (Å²) in [5.41, 5.74) is 2.75. The van der Waals surface area contributed by atoms with Crippen molar-refractivity contribution in [2.75, 3.05) is 0 Å². The van der Waals surface area contributed by atoms with Crippen molar-refractivity contribution >= 4 is 0 Å². The minimum Gasteiger partial charge on any atom is -0.389 e. The predicted octanol–water partition coefficient (Wildman–Crippen LogP) is 5.28. The maximum absolute atomic E-state index is 10.5. The number of hydrogen-bond donors (Lipinski definition) is 1. The van der Waals surface area contributed by atoms with Crippen molar-refractivity contribution in [2.24, 2.45) is 22.7 Å². The van der Waals surface area contributed by atoms with Gasteiger partial charge in [-0.25, -0.2) is 0 Å². The summed E-state index contributed by atoms with van der Waals surface area (Å²) in [4.78, 5) is 0. The Labute approximate surface area is 130 Å². The molecule has 118 valence electrons. The van der Waals surface area contributed by atoms with Crippen molar-refractivity contribution in [1.29, 1.82) is 0 Å². The second kappa shape index (κ2) is 5.76. The Balaban J connectivity index is 2.28. The highest BCUT2D eigenvalue weighted by molar-refractivity contribution is 5.21. The van der Waals surface area contributed by atoms with Gasteiger partial charge in [0.05, 0.1) is 6.10 Å². The number of aliphatic hydroxyl groups is 1. The van der Waals surface area contributed by atoms with Crippen LogP contribution in [0.1, 0.15) is 59.3 Å². The molecule has 0 heterocycles. The largest absolute Gasteiger partial charge is 0.389 e. The average Bonchev–Trinajstić information content (AvgIpc) is 2.41. The number of rotatable bonds is 4. The molecule has 4 unspecified atom stereocenters. The molecule has 0 spiro atoms. The van der Waals surface area contributed by atoms with Gasteiger partial charge in [0.2, 0.25) is 0 Å². The number of fused-ring (bicyclic) bond motifs is 1. The van der Waals surface area contributed by atoms with Crippen molar-refractivity contribution in [3.05, 3.63) is 37.0 Å². The van der Waals surface area contributed by atoms with Crippen molar-refractivity contribution in [1.82, 2.24) is 0 Å². The van der Waals surface area contributed by atoms with Gasteiger partial charge in [0.1, 0.15) is 0 Å². The van der Waals surface area contributed by atoms with E-state index in [9.17, 15) is 5.11 Å². The molecule has 2 aliphatic carbocycles. The third-order valence-corrected chi connectivity index (χ3v) is 6.45. The van der Waals surface area contributed by atoms with Gasteiger partial charge in [0, 0.05) is 0 Å². The Kier molecular flexibility index (Phi) is 4.54. The summed E-state index contributed by atoms with van der Waals surface area (Å²) in [5.74, 6) is 0.990. The summed E-state index contributed by atoms with van der Waals surface area (Å²) in [5, 5.41) is 10.5. The fourth-order valence-corrected chi connectivity index (χ4v) is 5.15. The zero-order valence-electron chi connectivity index (χ0n) is 14.1. The lowest BCUT2D eigenvalue weighted by atomic mass is 9.46. The summed E-state index contributed by atoms with van der Waals surface area (Å²) in [6.07, 6.45) is 8.25. The number of aliphatic hydroxyl groups excluding tert-OH is 1. The molecule has 0 aliphatic heterocycles. The van der Waals surface area contributed by atoms with Gasteiger partial charge in [0.25, 0.3) is 0 Å². The summed E-state index contributed by atoms with van der Waals surface area (Å²) < 4.78 is 0. The average molecular weight is 288 g/mol. The van der Waals surface area contributed by atoms with Crippen LogP contribution in [0.5, 0.6) is 0 Å². The van der Waals surface area contributed by atoms with E-state index in [0.717, 1.165) is 30.4 Å². The maximum Gasteiger partial charge on any atom is 0.0753 e. The minimum absolute atomic E-state index is 0.277. The second-order valence-corrected chi connectivity index (χ2v) is 8.18. The van der Waals surface area contributed by atoms with Crippen LogP contribution in [-0.4, -0.2) is 11.2 Å². The molecule has 1 heteroatoms. The Morgan fingerprint density at radius 3 is 2.62 bits per heavy atom. The molecule has 0 aromatic rings. The van der Waals surface area contributed by atoms with E-state index in [2.05, 4.69) is 40.5 Å². The standard InChI is InChI=1S/C20H32O/c1-7-14(2)9-10-16-15(3)17(21)13-18-19(4,5)11-8-12-20(16,18)6/h7,16-18,21H,1-3,8-13H2,4-6H3. The van der Waals surface area contributed by atoms with Crippen molar-refractivity contribution in [2.45, 2.75) is 65.4 Å². The Morgan fingerprint density at radius 1 is 1.33 bits per heavy atom. The lowest BCUT2D eigenvalue weighted by Gasteiger charge is -2.59. The molecule has 2 rings (SSSR count). The van der Waals surface area contributed by atoms with Crippen LogP contribution in [-0.2, 0) is 0 Å². The van der Waals surface area contributed by atoms with Crippen LogP contribution in [0.15, 0.2) is 37.0 Å². The quantitative estimate of drug-likeness (QED) is 0.551. The molecule has 2 aliphatic rings. The highest BCUT2D eigenvalue weighted by atomic mass is 16.3. The molecule has 0 aromatic heterocycles. The van der Waals surface area contributed by atoms with Crippen LogP contribution in [0.4, 0.5) is 0 Å². The third-order valence-electron chi connectivity index (χ3n) is 6.45. The normalized spacial score (nSPS) is 38.7. The molecular weight excluding hydrogens is 256 g/mol. The first kappa shape index (κ1) is 16.5. The molecule has 0 aromatic carbocycles. The van der Waals surface area contributed by atoms with Gasteiger partial charge < -0.3 is 5.11 Å². The van der Waals surface area contributed by atoms with Gasteiger partial charge in [0.15, 0.2) is 0 Å². The summed E-state index contributed by atoms with van der Waals surface area (Å²) in [6, 6.07) is 0. The van der Waals surface area contributed by atoms with Crippen molar-refractivity contribution in [3.63, 3.8) is 0 Å². The Hall–Kier alpha value is -0.820. The highest BCUT2D eigenvalue weighted by Crippen LogP contribution is 2.61. The topological polar surface area (TPSA) is 20.2 Å². The van der Waals surface area contributed by atoms with E-state index in [1.165, 1.54) is 19.3 Å². The van der Waals surface area contributed by atoms with Gasteiger partial charge in [-0.1, -0.05) is 58.6 Å². The lowest BCUT2D eigenvalue weighted by Crippen LogP contribution is -2.52. The van der Waals surface area contributed by atoms with E-state index >= 15 is 0 Å². The van der Waals surface area contributed by atoms with Gasteiger partial charge in [-0.2, -0.15) is 0 Å². The Bertz CT molecular complexity index is 445. The summed E-state index contributed by atoms with van der Waals surface area (Å²) >= 11 is 0. The van der Waals surface area contributed by atoms with Crippen LogP contribution < -0.4 is 0 Å². The fraction of sp³-hybridized carbons (Fsp3) is 0.700. The second-order valence-electron chi connectivity index (χ2n) is 8.18. The van der Waals surface area contributed by atoms with E-state index in [-0.39, 0.29) is 11.5 Å². The fourth-order valence-electron chi connectivity index (χ4n) is 5.15.